The highest BCUT2D eigenvalue weighted by molar-refractivity contribution is 7.90. The molecule has 9 nitrogen and oxygen atoms in total. The number of nitrogens with zero attached hydrogens (tertiary/aromatic N) is 2. The van der Waals surface area contributed by atoms with Crippen LogP contribution in [0.1, 0.15) is 46.8 Å². The number of benzene rings is 3. The van der Waals surface area contributed by atoms with Gasteiger partial charge >= 0.3 is 5.97 Å². The van der Waals surface area contributed by atoms with Gasteiger partial charge in [0.15, 0.2) is 5.84 Å². The van der Waals surface area contributed by atoms with Crippen LogP contribution in [-0.2, 0) is 10.0 Å². The van der Waals surface area contributed by atoms with Crippen LogP contribution >= 0.6 is 0 Å². The summed E-state index contributed by atoms with van der Waals surface area (Å²) in [6.45, 7) is 5.67. The summed E-state index contributed by atoms with van der Waals surface area (Å²) in [6, 6.07) is 15.2. The Kier molecular flexibility index (Phi) is 5.92. The third-order valence-corrected chi connectivity index (χ3v) is 6.71. The van der Waals surface area contributed by atoms with E-state index in [1.807, 2.05) is 13.8 Å². The minimum atomic E-state index is -3.76. The normalized spacial score (nSPS) is 13.8. The van der Waals surface area contributed by atoms with Gasteiger partial charge in [0.25, 0.3) is 15.7 Å². The number of aryl methyl sites for hydroxylation is 1. The number of sulfonamides is 1. The SMILES string of the molecule is Cc1cc(OC(=O)c2ccc([N+](=O)[O-])cc2)c(C(C)C)cc1NC1=NS(=O)(=O)c2ccccc21. The zero-order valence-electron chi connectivity index (χ0n) is 18.6. The number of nitrogens with one attached hydrogen (secondary N) is 1. The standard InChI is InChI=1S/C24H21N3O6S/c1-14(2)19-13-20(25-23-18-6-4-5-7-22(18)34(31,32)26-23)15(3)12-21(19)33-24(28)16-8-10-17(11-9-16)27(29)30/h4-14H,1-3H3,(H,25,26). The largest absolute Gasteiger partial charge is 0.423 e. The number of carbonyl (C=O) groups excluding carboxylic acids is 1. The molecule has 10 heteroatoms. The van der Waals surface area contributed by atoms with Crippen molar-refractivity contribution in [3.8, 4) is 5.75 Å². The number of hydrogen-bond donors (Lipinski definition) is 1. The Bertz CT molecular complexity index is 1440. The maximum Gasteiger partial charge on any atom is 0.343 e. The molecule has 34 heavy (non-hydrogen) atoms. The number of fused-ring (bicyclic) bond motifs is 1. The first-order valence-corrected chi connectivity index (χ1v) is 11.8. The minimum absolute atomic E-state index is 0.0256. The first-order chi connectivity index (χ1) is 16.1. The van der Waals surface area contributed by atoms with Crippen molar-refractivity contribution >= 4 is 33.2 Å². The van der Waals surface area contributed by atoms with Crippen LogP contribution in [0.5, 0.6) is 5.75 Å². The van der Waals surface area contributed by atoms with Gasteiger partial charge in [-0.3, -0.25) is 10.1 Å². The number of esters is 1. The predicted molar refractivity (Wildman–Crippen MR) is 127 cm³/mol. The summed E-state index contributed by atoms with van der Waals surface area (Å²) in [5.74, 6) is -0.0914. The lowest BCUT2D eigenvalue weighted by Gasteiger charge is -2.18. The van der Waals surface area contributed by atoms with Crippen LogP contribution in [0.15, 0.2) is 70.0 Å². The van der Waals surface area contributed by atoms with E-state index in [1.165, 1.54) is 30.3 Å². The number of nitro benzene ring substituents is 1. The van der Waals surface area contributed by atoms with Crippen molar-refractivity contribution in [1.29, 1.82) is 0 Å². The Hall–Kier alpha value is -4.05. The molecule has 1 heterocycles. The van der Waals surface area contributed by atoms with Crippen molar-refractivity contribution in [2.24, 2.45) is 4.40 Å². The van der Waals surface area contributed by atoms with Crippen LogP contribution in [0.4, 0.5) is 11.4 Å². The second-order valence-electron chi connectivity index (χ2n) is 8.09. The Labute approximate surface area is 196 Å². The molecular formula is C24H21N3O6S. The molecule has 0 spiro atoms. The van der Waals surface area contributed by atoms with Crippen LogP contribution in [-0.4, -0.2) is 25.1 Å². The van der Waals surface area contributed by atoms with E-state index < -0.39 is 20.9 Å². The molecule has 1 N–H and O–H groups in total. The lowest BCUT2D eigenvalue weighted by Crippen LogP contribution is -2.14. The molecule has 0 radical (unpaired) electrons. The van der Waals surface area contributed by atoms with Crippen molar-refractivity contribution in [1.82, 2.24) is 0 Å². The molecule has 0 amide bonds. The van der Waals surface area contributed by atoms with Gasteiger partial charge < -0.3 is 10.1 Å². The summed E-state index contributed by atoms with van der Waals surface area (Å²) in [7, 11) is -3.76. The van der Waals surface area contributed by atoms with Crippen molar-refractivity contribution in [2.75, 3.05) is 5.32 Å². The number of nitro groups is 1. The van der Waals surface area contributed by atoms with Crippen molar-refractivity contribution < 1.29 is 22.9 Å². The zero-order valence-corrected chi connectivity index (χ0v) is 19.4. The van der Waals surface area contributed by atoms with Crippen LogP contribution < -0.4 is 10.1 Å². The molecule has 0 aromatic heterocycles. The van der Waals surface area contributed by atoms with Crippen LogP contribution in [0.25, 0.3) is 0 Å². The van der Waals surface area contributed by atoms with Gasteiger partial charge in [0.1, 0.15) is 10.6 Å². The van der Waals surface area contributed by atoms with Crippen molar-refractivity contribution in [3.05, 3.63) is 93.0 Å². The Morgan fingerprint density at radius 3 is 2.41 bits per heavy atom. The predicted octanol–water partition coefficient (Wildman–Crippen LogP) is 4.81. The van der Waals surface area contributed by atoms with Gasteiger partial charge in [0, 0.05) is 23.4 Å². The summed E-state index contributed by atoms with van der Waals surface area (Å²) in [5, 5.41) is 13.9. The summed E-state index contributed by atoms with van der Waals surface area (Å²) in [4.78, 5) is 23.1. The van der Waals surface area contributed by atoms with Gasteiger partial charge in [0.05, 0.1) is 10.5 Å². The molecular weight excluding hydrogens is 458 g/mol. The summed E-state index contributed by atoms with van der Waals surface area (Å²) >= 11 is 0. The van der Waals surface area contributed by atoms with Crippen molar-refractivity contribution in [3.63, 3.8) is 0 Å². The van der Waals surface area contributed by atoms with E-state index in [9.17, 15) is 23.3 Å². The van der Waals surface area contributed by atoms with Gasteiger partial charge in [-0.1, -0.05) is 26.0 Å². The van der Waals surface area contributed by atoms with E-state index in [0.717, 1.165) is 5.56 Å². The summed E-state index contributed by atoms with van der Waals surface area (Å²) < 4.78 is 34.2. The van der Waals surface area contributed by atoms with E-state index in [-0.39, 0.29) is 27.9 Å². The highest BCUT2D eigenvalue weighted by Gasteiger charge is 2.29. The quantitative estimate of drug-likeness (QED) is 0.241. The third-order valence-electron chi connectivity index (χ3n) is 5.38. The van der Waals surface area contributed by atoms with E-state index in [4.69, 9.17) is 4.74 Å². The van der Waals surface area contributed by atoms with Crippen molar-refractivity contribution in [2.45, 2.75) is 31.6 Å². The fraction of sp³-hybridized carbons (Fsp3) is 0.167. The second kappa shape index (κ2) is 8.71. The van der Waals surface area contributed by atoms with Crippen LogP contribution in [0.3, 0.4) is 0 Å². The number of amidine groups is 1. The molecule has 0 bridgehead atoms. The van der Waals surface area contributed by atoms with Gasteiger partial charge in [0.2, 0.25) is 0 Å². The molecule has 0 fully saturated rings. The molecule has 3 aromatic carbocycles. The average molecular weight is 480 g/mol. The molecule has 0 saturated heterocycles. The molecule has 0 aliphatic carbocycles. The fourth-order valence-electron chi connectivity index (χ4n) is 3.57. The number of carbonyl (C=O) groups is 1. The molecule has 0 atom stereocenters. The Balaban J connectivity index is 1.64. The van der Waals surface area contributed by atoms with E-state index >= 15 is 0 Å². The van der Waals surface area contributed by atoms with Crippen LogP contribution in [0, 0.1) is 17.0 Å². The molecule has 0 unspecified atom stereocenters. The first kappa shape index (κ1) is 23.1. The molecule has 1 aliphatic rings. The number of anilines is 1. The van der Waals surface area contributed by atoms with Crippen LogP contribution in [0.2, 0.25) is 0 Å². The Morgan fingerprint density at radius 2 is 1.76 bits per heavy atom. The zero-order chi connectivity index (χ0) is 24.6. The average Bonchev–Trinajstić information content (AvgIpc) is 3.05. The molecule has 1 aliphatic heterocycles. The highest BCUT2D eigenvalue weighted by Crippen LogP contribution is 2.34. The van der Waals surface area contributed by atoms with Gasteiger partial charge in [-0.2, -0.15) is 8.42 Å². The number of rotatable bonds is 5. The molecule has 0 saturated carbocycles. The maximum absolute atomic E-state index is 12.7. The van der Waals surface area contributed by atoms with Gasteiger partial charge in [-0.05, 0) is 60.4 Å². The lowest BCUT2D eigenvalue weighted by atomic mass is 9.98. The van der Waals surface area contributed by atoms with E-state index in [2.05, 4.69) is 9.71 Å². The lowest BCUT2D eigenvalue weighted by molar-refractivity contribution is -0.384. The topological polar surface area (TPSA) is 128 Å². The number of hydrogen-bond acceptors (Lipinski definition) is 7. The molecule has 4 rings (SSSR count). The first-order valence-electron chi connectivity index (χ1n) is 10.4. The van der Waals surface area contributed by atoms with Gasteiger partial charge in [-0.25, -0.2) is 4.79 Å². The number of ether oxygens (including phenoxy) is 1. The number of non-ortho nitro benzene ring substituents is 1. The smallest absolute Gasteiger partial charge is 0.343 e. The second-order valence-corrected chi connectivity index (χ2v) is 9.66. The van der Waals surface area contributed by atoms with E-state index in [0.29, 0.717) is 22.6 Å². The Morgan fingerprint density at radius 1 is 1.09 bits per heavy atom. The third kappa shape index (κ3) is 4.40. The van der Waals surface area contributed by atoms with E-state index in [1.54, 1.807) is 37.3 Å². The molecule has 3 aromatic rings. The fourth-order valence-corrected chi connectivity index (χ4v) is 4.75. The van der Waals surface area contributed by atoms with Gasteiger partial charge in [-0.15, -0.1) is 4.40 Å². The highest BCUT2D eigenvalue weighted by atomic mass is 32.2. The molecule has 174 valence electrons. The minimum Gasteiger partial charge on any atom is -0.423 e. The monoisotopic (exact) mass is 479 g/mol. The maximum atomic E-state index is 12.7. The summed E-state index contributed by atoms with van der Waals surface area (Å²) in [5.41, 5.74) is 2.61. The summed E-state index contributed by atoms with van der Waals surface area (Å²) in [6.07, 6.45) is 0.